The molecular formula is C12H15NO3S2. The van der Waals surface area contributed by atoms with Gasteiger partial charge in [0.05, 0.1) is 10.6 Å². The quantitative estimate of drug-likeness (QED) is 0.782. The van der Waals surface area contributed by atoms with Gasteiger partial charge in [-0.2, -0.15) is 0 Å². The fraction of sp³-hybridized carbons (Fsp3) is 0.583. The Bertz CT molecular complexity index is 488. The molecule has 0 fully saturated rings. The number of hydrogen-bond donors (Lipinski definition) is 0. The molecule has 2 rings (SSSR count). The molecule has 18 heavy (non-hydrogen) atoms. The third-order valence-electron chi connectivity index (χ3n) is 2.18. The van der Waals surface area contributed by atoms with Gasteiger partial charge in [0.15, 0.2) is 5.78 Å². The first kappa shape index (κ1) is 13.5. The number of hydrogen-bond acceptors (Lipinski definition) is 6. The second kappa shape index (κ2) is 5.01. The molecule has 1 aromatic heterocycles. The number of ketones is 1. The van der Waals surface area contributed by atoms with E-state index in [-0.39, 0.29) is 18.2 Å². The van der Waals surface area contributed by atoms with Crippen LogP contribution >= 0.6 is 23.1 Å². The zero-order valence-electron chi connectivity index (χ0n) is 10.6. The van der Waals surface area contributed by atoms with Crippen LogP contribution in [0.15, 0.2) is 4.21 Å². The van der Waals surface area contributed by atoms with Crippen molar-refractivity contribution in [3.63, 3.8) is 0 Å². The lowest BCUT2D eigenvalue weighted by Gasteiger charge is -2.18. The lowest BCUT2D eigenvalue weighted by atomic mass is 10.2. The zero-order valence-corrected chi connectivity index (χ0v) is 12.2. The maximum atomic E-state index is 11.7. The van der Waals surface area contributed by atoms with Crippen LogP contribution < -0.4 is 0 Å². The molecule has 1 aliphatic heterocycles. The van der Waals surface area contributed by atoms with Crippen molar-refractivity contribution in [2.24, 2.45) is 0 Å². The molecule has 0 N–H and O–H groups in total. The number of carbonyl (C=O) groups excluding carboxylic acids is 2. The molecule has 0 spiro atoms. The van der Waals surface area contributed by atoms with Gasteiger partial charge < -0.3 is 4.74 Å². The number of aromatic nitrogens is 1. The Labute approximate surface area is 114 Å². The first-order valence-electron chi connectivity index (χ1n) is 5.73. The predicted molar refractivity (Wildman–Crippen MR) is 71.3 cm³/mol. The van der Waals surface area contributed by atoms with E-state index < -0.39 is 5.60 Å². The number of carbonyl (C=O) groups is 2. The highest BCUT2D eigenvalue weighted by Crippen LogP contribution is 2.35. The van der Waals surface area contributed by atoms with Crippen LogP contribution in [0.3, 0.4) is 0 Å². The molecule has 0 unspecified atom stereocenters. The standard InChI is InChI=1S/C12H15NO3S2/c1-12(2,3)16-9(15)6-8-13-10-7(14)4-5-17-11(10)18-8/h4-6H2,1-3H3. The van der Waals surface area contributed by atoms with E-state index in [1.807, 2.05) is 20.8 Å². The summed E-state index contributed by atoms with van der Waals surface area (Å²) in [6.07, 6.45) is 0.677. The van der Waals surface area contributed by atoms with E-state index >= 15 is 0 Å². The van der Waals surface area contributed by atoms with Gasteiger partial charge in [0.25, 0.3) is 0 Å². The zero-order chi connectivity index (χ0) is 13.3. The molecule has 1 aromatic rings. The Morgan fingerprint density at radius 2 is 2.17 bits per heavy atom. The van der Waals surface area contributed by atoms with Crippen LogP contribution in [0.25, 0.3) is 0 Å². The van der Waals surface area contributed by atoms with Gasteiger partial charge >= 0.3 is 5.97 Å². The largest absolute Gasteiger partial charge is 0.460 e. The summed E-state index contributed by atoms with van der Waals surface area (Å²) in [4.78, 5) is 27.6. The van der Waals surface area contributed by atoms with E-state index in [1.165, 1.54) is 11.3 Å². The Morgan fingerprint density at radius 3 is 2.78 bits per heavy atom. The lowest BCUT2D eigenvalue weighted by molar-refractivity contribution is -0.153. The first-order valence-corrected chi connectivity index (χ1v) is 7.53. The van der Waals surface area contributed by atoms with Gasteiger partial charge in [0.2, 0.25) is 0 Å². The van der Waals surface area contributed by atoms with Crippen molar-refractivity contribution in [3.05, 3.63) is 10.7 Å². The molecule has 0 saturated carbocycles. The predicted octanol–water partition coefficient (Wildman–Crippen LogP) is 2.71. The topological polar surface area (TPSA) is 56.3 Å². The number of Topliss-reactive ketones (excluding diaryl/α,β-unsaturated/α-hetero) is 1. The molecule has 2 heterocycles. The van der Waals surface area contributed by atoms with Crippen molar-refractivity contribution in [2.45, 2.75) is 43.4 Å². The van der Waals surface area contributed by atoms with E-state index in [2.05, 4.69) is 4.98 Å². The molecule has 0 radical (unpaired) electrons. The van der Waals surface area contributed by atoms with E-state index in [4.69, 9.17) is 4.74 Å². The lowest BCUT2D eigenvalue weighted by Crippen LogP contribution is -2.24. The molecule has 0 aromatic carbocycles. The molecule has 4 nitrogen and oxygen atoms in total. The molecule has 0 aliphatic carbocycles. The molecule has 1 aliphatic rings. The average Bonchev–Trinajstić information content (AvgIpc) is 2.58. The second-order valence-electron chi connectivity index (χ2n) is 5.03. The van der Waals surface area contributed by atoms with Gasteiger partial charge in [-0.25, -0.2) is 4.98 Å². The van der Waals surface area contributed by atoms with E-state index in [1.54, 1.807) is 11.8 Å². The number of thiazole rings is 1. The second-order valence-corrected chi connectivity index (χ2v) is 7.48. The van der Waals surface area contributed by atoms with E-state index in [9.17, 15) is 9.59 Å². The Balaban J connectivity index is 2.07. The van der Waals surface area contributed by atoms with Crippen molar-refractivity contribution in [3.8, 4) is 0 Å². The molecule has 0 amide bonds. The number of fused-ring (bicyclic) bond motifs is 1. The maximum Gasteiger partial charge on any atom is 0.313 e. The summed E-state index contributed by atoms with van der Waals surface area (Å²) in [5.41, 5.74) is 0.0493. The van der Waals surface area contributed by atoms with Crippen molar-refractivity contribution in [1.29, 1.82) is 0 Å². The summed E-state index contributed by atoms with van der Waals surface area (Å²) in [5, 5.41) is 0.664. The van der Waals surface area contributed by atoms with Gasteiger partial charge in [-0.3, -0.25) is 9.59 Å². The van der Waals surface area contributed by atoms with Gasteiger partial charge in [0.1, 0.15) is 16.3 Å². The molecule has 0 saturated heterocycles. The minimum Gasteiger partial charge on any atom is -0.460 e. The van der Waals surface area contributed by atoms with Crippen molar-refractivity contribution in [2.75, 3.05) is 5.75 Å². The van der Waals surface area contributed by atoms with Crippen LogP contribution in [0.4, 0.5) is 0 Å². The van der Waals surface area contributed by atoms with Crippen LogP contribution in [0.5, 0.6) is 0 Å². The van der Waals surface area contributed by atoms with Crippen LogP contribution in [-0.4, -0.2) is 28.1 Å². The highest BCUT2D eigenvalue weighted by molar-refractivity contribution is 8.01. The Morgan fingerprint density at radius 1 is 1.44 bits per heavy atom. The number of nitrogens with zero attached hydrogens (tertiary/aromatic N) is 1. The third kappa shape index (κ3) is 3.32. The summed E-state index contributed by atoms with van der Waals surface area (Å²) >= 11 is 3.06. The first-order chi connectivity index (χ1) is 8.35. The Kier molecular flexibility index (Phi) is 3.77. The van der Waals surface area contributed by atoms with Crippen molar-refractivity contribution >= 4 is 34.9 Å². The van der Waals surface area contributed by atoms with Crippen LogP contribution in [0.2, 0.25) is 0 Å². The maximum absolute atomic E-state index is 11.7. The number of rotatable bonds is 2. The third-order valence-corrected chi connectivity index (χ3v) is 4.50. The van der Waals surface area contributed by atoms with Crippen LogP contribution in [0.1, 0.15) is 42.7 Å². The molecule has 98 valence electrons. The normalized spacial score (nSPS) is 15.4. The summed E-state index contributed by atoms with van der Waals surface area (Å²) < 4.78 is 6.17. The molecule has 0 atom stereocenters. The van der Waals surface area contributed by atoms with Gasteiger partial charge in [-0.1, -0.05) is 0 Å². The van der Waals surface area contributed by atoms with Crippen molar-refractivity contribution < 1.29 is 14.3 Å². The van der Waals surface area contributed by atoms with Gasteiger partial charge in [-0.15, -0.1) is 23.1 Å². The summed E-state index contributed by atoms with van der Waals surface area (Å²) in [6.45, 7) is 5.49. The van der Waals surface area contributed by atoms with Crippen LogP contribution in [0, 0.1) is 0 Å². The average molecular weight is 285 g/mol. The SMILES string of the molecule is CC(C)(C)OC(=O)Cc1nc2c(s1)SCCC2=O. The number of esters is 1. The molecular weight excluding hydrogens is 270 g/mol. The van der Waals surface area contributed by atoms with E-state index in [0.29, 0.717) is 17.1 Å². The Hall–Kier alpha value is -0.880. The monoisotopic (exact) mass is 285 g/mol. The fourth-order valence-corrected chi connectivity index (χ4v) is 3.89. The van der Waals surface area contributed by atoms with Gasteiger partial charge in [-0.05, 0) is 20.8 Å². The molecule has 0 bridgehead atoms. The van der Waals surface area contributed by atoms with Crippen LogP contribution in [-0.2, 0) is 16.0 Å². The minimum absolute atomic E-state index is 0.0791. The summed E-state index contributed by atoms with van der Waals surface area (Å²) in [5.74, 6) is 0.585. The summed E-state index contributed by atoms with van der Waals surface area (Å²) in [6, 6.07) is 0. The smallest absolute Gasteiger partial charge is 0.313 e. The van der Waals surface area contributed by atoms with Crippen molar-refractivity contribution in [1.82, 2.24) is 4.98 Å². The van der Waals surface area contributed by atoms with E-state index in [0.717, 1.165) is 9.96 Å². The summed E-state index contributed by atoms with van der Waals surface area (Å²) in [7, 11) is 0. The number of thioether (sulfide) groups is 1. The highest BCUT2D eigenvalue weighted by atomic mass is 32.2. The number of ether oxygens (including phenoxy) is 1. The highest BCUT2D eigenvalue weighted by Gasteiger charge is 2.24. The fourth-order valence-electron chi connectivity index (χ4n) is 1.55. The van der Waals surface area contributed by atoms with Gasteiger partial charge in [0, 0.05) is 12.2 Å². The molecule has 6 heteroatoms. The minimum atomic E-state index is -0.488.